The standard InChI is InChI=1S/C25H26ClN3O5S2/c1-34-17-9-7-16(8-10-17)15-21-24(32)29(25(33)36-21)13-12-27-23(31)20(11-14-35-2)28-22(30)18-5-3-4-6-19(18)26/h3-10,15,20H,11-14H2,1-2H3,(H,27,31)(H,28,30)/b21-15+/t20-/m1/s1. The lowest BCUT2D eigenvalue weighted by Gasteiger charge is -2.19. The Bertz CT molecular complexity index is 1160. The second-order valence-electron chi connectivity index (χ2n) is 7.68. The van der Waals surface area contributed by atoms with Gasteiger partial charge in [0.1, 0.15) is 11.8 Å². The van der Waals surface area contributed by atoms with E-state index in [4.69, 9.17) is 16.3 Å². The second kappa shape index (κ2) is 13.4. The Balaban J connectivity index is 1.57. The number of ether oxygens (including phenoxy) is 1. The topological polar surface area (TPSA) is 105 Å². The van der Waals surface area contributed by atoms with Gasteiger partial charge in [-0.05, 0) is 66.1 Å². The minimum absolute atomic E-state index is 0.0179. The molecule has 11 heteroatoms. The number of nitrogens with one attached hydrogen (secondary N) is 2. The van der Waals surface area contributed by atoms with Gasteiger partial charge in [0, 0.05) is 13.1 Å². The lowest BCUT2D eigenvalue weighted by atomic mass is 10.1. The Morgan fingerprint density at radius 3 is 2.56 bits per heavy atom. The molecule has 0 saturated carbocycles. The number of thioether (sulfide) groups is 2. The van der Waals surface area contributed by atoms with Crippen LogP contribution in [0, 0.1) is 0 Å². The van der Waals surface area contributed by atoms with E-state index in [9.17, 15) is 19.2 Å². The van der Waals surface area contributed by atoms with Crippen LogP contribution in [-0.2, 0) is 9.59 Å². The van der Waals surface area contributed by atoms with E-state index in [1.807, 2.05) is 6.26 Å². The van der Waals surface area contributed by atoms with Crippen LogP contribution >= 0.6 is 35.1 Å². The van der Waals surface area contributed by atoms with E-state index in [2.05, 4.69) is 10.6 Å². The fourth-order valence-corrected chi connectivity index (χ4v) is 4.90. The smallest absolute Gasteiger partial charge is 0.293 e. The average molecular weight is 548 g/mol. The van der Waals surface area contributed by atoms with Crippen molar-refractivity contribution in [3.8, 4) is 5.75 Å². The lowest BCUT2D eigenvalue weighted by Crippen LogP contribution is -2.48. The number of benzene rings is 2. The summed E-state index contributed by atoms with van der Waals surface area (Å²) in [4.78, 5) is 52.0. The fraction of sp³-hybridized carbons (Fsp3) is 0.280. The molecule has 0 spiro atoms. The molecular formula is C25H26ClN3O5S2. The number of hydrogen-bond acceptors (Lipinski definition) is 7. The maximum absolute atomic E-state index is 12.8. The molecule has 4 amide bonds. The molecule has 2 N–H and O–H groups in total. The molecule has 1 aliphatic heterocycles. The van der Waals surface area contributed by atoms with Crippen LogP contribution in [0.15, 0.2) is 53.4 Å². The molecular weight excluding hydrogens is 522 g/mol. The van der Waals surface area contributed by atoms with Crippen molar-refractivity contribution in [3.63, 3.8) is 0 Å². The molecule has 2 aromatic carbocycles. The number of imide groups is 1. The minimum Gasteiger partial charge on any atom is -0.497 e. The monoisotopic (exact) mass is 547 g/mol. The number of carbonyl (C=O) groups is 4. The summed E-state index contributed by atoms with van der Waals surface area (Å²) in [7, 11) is 1.57. The Hall–Kier alpha value is -2.95. The number of rotatable bonds is 11. The molecule has 0 radical (unpaired) electrons. The van der Waals surface area contributed by atoms with Gasteiger partial charge in [-0.1, -0.05) is 35.9 Å². The van der Waals surface area contributed by atoms with E-state index < -0.39 is 29.0 Å². The van der Waals surface area contributed by atoms with Crippen LogP contribution in [0.3, 0.4) is 0 Å². The molecule has 0 bridgehead atoms. The van der Waals surface area contributed by atoms with Crippen molar-refractivity contribution in [2.45, 2.75) is 12.5 Å². The molecule has 2 aromatic rings. The van der Waals surface area contributed by atoms with Gasteiger partial charge in [0.25, 0.3) is 17.1 Å². The number of halogens is 1. The fourth-order valence-electron chi connectivity index (χ4n) is 3.34. The van der Waals surface area contributed by atoms with Crippen LogP contribution in [0.4, 0.5) is 4.79 Å². The first kappa shape index (κ1) is 27.6. The molecule has 8 nitrogen and oxygen atoms in total. The highest BCUT2D eigenvalue weighted by atomic mass is 35.5. The minimum atomic E-state index is -0.786. The summed E-state index contributed by atoms with van der Waals surface area (Å²) in [5.74, 6) is 0.0812. The van der Waals surface area contributed by atoms with Crippen LogP contribution in [0.5, 0.6) is 5.75 Å². The van der Waals surface area contributed by atoms with Crippen LogP contribution < -0.4 is 15.4 Å². The third kappa shape index (κ3) is 7.28. The van der Waals surface area contributed by atoms with Crippen molar-refractivity contribution in [2.75, 3.05) is 32.2 Å². The molecule has 1 saturated heterocycles. The van der Waals surface area contributed by atoms with Gasteiger partial charge in [-0.25, -0.2) is 0 Å². The van der Waals surface area contributed by atoms with Crippen molar-refractivity contribution in [1.82, 2.24) is 15.5 Å². The first-order valence-electron chi connectivity index (χ1n) is 11.1. The van der Waals surface area contributed by atoms with E-state index in [-0.39, 0.29) is 18.7 Å². The van der Waals surface area contributed by atoms with Crippen molar-refractivity contribution in [2.24, 2.45) is 0 Å². The zero-order valence-corrected chi connectivity index (χ0v) is 22.2. The molecule has 1 aliphatic rings. The van der Waals surface area contributed by atoms with Gasteiger partial charge in [-0.2, -0.15) is 11.8 Å². The highest BCUT2D eigenvalue weighted by Gasteiger charge is 2.35. The van der Waals surface area contributed by atoms with Gasteiger partial charge in [-0.15, -0.1) is 0 Å². The number of nitrogens with zero attached hydrogens (tertiary/aromatic N) is 1. The maximum Gasteiger partial charge on any atom is 0.293 e. The van der Waals surface area contributed by atoms with Gasteiger partial charge >= 0.3 is 0 Å². The number of hydrogen-bond donors (Lipinski definition) is 2. The van der Waals surface area contributed by atoms with Gasteiger partial charge in [0.2, 0.25) is 5.91 Å². The lowest BCUT2D eigenvalue weighted by molar-refractivity contribution is -0.125. The summed E-state index contributed by atoms with van der Waals surface area (Å²) in [5.41, 5.74) is 1.04. The van der Waals surface area contributed by atoms with Gasteiger partial charge in [0.15, 0.2) is 0 Å². The molecule has 1 atom stereocenters. The van der Waals surface area contributed by atoms with E-state index in [1.165, 1.54) is 0 Å². The number of methoxy groups -OCH3 is 1. The zero-order valence-electron chi connectivity index (χ0n) is 19.8. The van der Waals surface area contributed by atoms with E-state index in [0.29, 0.717) is 27.9 Å². The predicted molar refractivity (Wildman–Crippen MR) is 144 cm³/mol. The van der Waals surface area contributed by atoms with Crippen LogP contribution in [-0.4, -0.2) is 66.1 Å². The third-order valence-electron chi connectivity index (χ3n) is 5.27. The summed E-state index contributed by atoms with van der Waals surface area (Å²) in [6.07, 6.45) is 3.96. The van der Waals surface area contributed by atoms with Crippen LogP contribution in [0.2, 0.25) is 5.02 Å². The van der Waals surface area contributed by atoms with E-state index >= 15 is 0 Å². The molecule has 0 aliphatic carbocycles. The zero-order chi connectivity index (χ0) is 26.1. The quantitative estimate of drug-likeness (QED) is 0.409. The Morgan fingerprint density at radius 1 is 1.17 bits per heavy atom. The maximum atomic E-state index is 12.8. The first-order chi connectivity index (χ1) is 17.3. The molecule has 3 rings (SSSR count). The van der Waals surface area contributed by atoms with Gasteiger partial charge < -0.3 is 15.4 Å². The van der Waals surface area contributed by atoms with Gasteiger partial charge in [-0.3, -0.25) is 24.1 Å². The van der Waals surface area contributed by atoms with Crippen molar-refractivity contribution < 1.29 is 23.9 Å². The number of amides is 4. The first-order valence-corrected chi connectivity index (χ1v) is 13.6. The Labute approximate surface area is 223 Å². The molecule has 1 heterocycles. The summed E-state index contributed by atoms with van der Waals surface area (Å²) < 4.78 is 5.13. The SMILES string of the molecule is COc1ccc(/C=C2/SC(=O)N(CCNC(=O)[C@@H](CCSC)NC(=O)c3ccccc3Cl)C2=O)cc1. The largest absolute Gasteiger partial charge is 0.497 e. The Morgan fingerprint density at radius 2 is 1.89 bits per heavy atom. The highest BCUT2D eigenvalue weighted by molar-refractivity contribution is 8.18. The molecule has 0 aromatic heterocycles. The highest BCUT2D eigenvalue weighted by Crippen LogP contribution is 2.32. The van der Waals surface area contributed by atoms with Gasteiger partial charge in [0.05, 0.1) is 22.6 Å². The molecule has 1 fully saturated rings. The molecule has 0 unspecified atom stereocenters. The van der Waals surface area contributed by atoms with Crippen LogP contribution in [0.1, 0.15) is 22.3 Å². The summed E-state index contributed by atoms with van der Waals surface area (Å²) in [5, 5.41) is 5.34. The van der Waals surface area contributed by atoms with E-state index in [0.717, 1.165) is 22.2 Å². The molecule has 190 valence electrons. The van der Waals surface area contributed by atoms with Crippen molar-refractivity contribution >= 4 is 64.2 Å². The number of carbonyl (C=O) groups excluding carboxylic acids is 4. The van der Waals surface area contributed by atoms with Crippen molar-refractivity contribution in [1.29, 1.82) is 0 Å². The average Bonchev–Trinajstić information content (AvgIpc) is 3.14. The summed E-state index contributed by atoms with van der Waals surface area (Å²) >= 11 is 8.50. The summed E-state index contributed by atoms with van der Waals surface area (Å²) in [6, 6.07) is 12.9. The second-order valence-corrected chi connectivity index (χ2v) is 10.1. The van der Waals surface area contributed by atoms with E-state index in [1.54, 1.807) is 73.5 Å². The summed E-state index contributed by atoms with van der Waals surface area (Å²) in [6.45, 7) is 0.0779. The van der Waals surface area contributed by atoms with Crippen LogP contribution in [0.25, 0.3) is 6.08 Å². The Kier molecular flexibility index (Phi) is 10.3. The normalized spacial score (nSPS) is 15.2. The molecule has 36 heavy (non-hydrogen) atoms. The predicted octanol–water partition coefficient (Wildman–Crippen LogP) is 4.05. The third-order valence-corrected chi connectivity index (χ3v) is 7.15. The van der Waals surface area contributed by atoms with Crippen molar-refractivity contribution in [3.05, 3.63) is 69.6 Å².